The van der Waals surface area contributed by atoms with Gasteiger partial charge in [0.25, 0.3) is 5.91 Å². The Labute approximate surface area is 181 Å². The SMILES string of the molecule is COCCCC1C(C)(C)Oc2ccc(-c3cccc(Cl)c3)cc2C12N=C(N)NC2=O. The van der Waals surface area contributed by atoms with E-state index >= 15 is 0 Å². The molecular formula is C23H26ClN3O3. The van der Waals surface area contributed by atoms with Gasteiger partial charge in [0.05, 0.1) is 0 Å². The van der Waals surface area contributed by atoms with E-state index in [2.05, 4.69) is 5.32 Å². The number of rotatable bonds is 5. The lowest BCUT2D eigenvalue weighted by Crippen LogP contribution is -2.57. The van der Waals surface area contributed by atoms with E-state index in [4.69, 9.17) is 31.8 Å². The summed E-state index contributed by atoms with van der Waals surface area (Å²) in [7, 11) is 1.67. The third-order valence-corrected chi connectivity index (χ3v) is 6.23. The van der Waals surface area contributed by atoms with Gasteiger partial charge in [0.2, 0.25) is 0 Å². The molecule has 0 bridgehead atoms. The average molecular weight is 428 g/mol. The number of methoxy groups -OCH3 is 1. The Bertz CT molecular complexity index is 1020. The number of aliphatic imine (C=N–C) groups is 1. The number of fused-ring (bicyclic) bond motifs is 2. The van der Waals surface area contributed by atoms with Crippen LogP contribution < -0.4 is 15.8 Å². The second-order valence-electron chi connectivity index (χ2n) is 8.33. The van der Waals surface area contributed by atoms with Gasteiger partial charge in [-0.05, 0) is 62.1 Å². The van der Waals surface area contributed by atoms with Crippen LogP contribution in [0.2, 0.25) is 5.02 Å². The molecule has 2 unspecified atom stereocenters. The highest BCUT2D eigenvalue weighted by Crippen LogP contribution is 2.53. The van der Waals surface area contributed by atoms with Crippen molar-refractivity contribution in [2.45, 2.75) is 37.8 Å². The Kier molecular flexibility index (Phi) is 5.24. The molecule has 2 aromatic rings. The first-order valence-corrected chi connectivity index (χ1v) is 10.4. The van der Waals surface area contributed by atoms with Gasteiger partial charge in [0.1, 0.15) is 11.4 Å². The molecule has 2 aliphatic heterocycles. The zero-order valence-corrected chi connectivity index (χ0v) is 18.1. The summed E-state index contributed by atoms with van der Waals surface area (Å²) in [6.45, 7) is 4.59. The van der Waals surface area contributed by atoms with E-state index in [1.807, 2.05) is 56.3 Å². The fourth-order valence-electron chi connectivity index (χ4n) is 4.70. The molecule has 0 aromatic heterocycles. The van der Waals surface area contributed by atoms with Gasteiger partial charge >= 0.3 is 0 Å². The standard InChI is InChI=1S/C23H26ClN3O3/c1-22(2)19(8-5-11-29-3)23(20(28)26-21(25)27-23)17-13-15(9-10-18(17)30-22)14-6-4-7-16(24)12-14/h4,6-7,9-10,12-13,19H,5,8,11H2,1-3H3,(H3,25,26,27,28). The minimum absolute atomic E-state index is 0.133. The largest absolute Gasteiger partial charge is 0.487 e. The van der Waals surface area contributed by atoms with Crippen molar-refractivity contribution < 1.29 is 14.3 Å². The maximum Gasteiger partial charge on any atom is 0.259 e. The van der Waals surface area contributed by atoms with Crippen molar-refractivity contribution in [3.05, 3.63) is 53.1 Å². The van der Waals surface area contributed by atoms with Gasteiger partial charge in [-0.1, -0.05) is 29.8 Å². The first-order chi connectivity index (χ1) is 14.3. The molecule has 2 atom stereocenters. The van der Waals surface area contributed by atoms with Crippen LogP contribution >= 0.6 is 11.6 Å². The third-order valence-electron chi connectivity index (χ3n) is 5.99. The van der Waals surface area contributed by atoms with Crippen LogP contribution in [0.1, 0.15) is 32.3 Å². The van der Waals surface area contributed by atoms with E-state index in [1.165, 1.54) is 0 Å². The lowest BCUT2D eigenvalue weighted by molar-refractivity contribution is -0.132. The fourth-order valence-corrected chi connectivity index (χ4v) is 4.89. The van der Waals surface area contributed by atoms with Crippen LogP contribution in [0.25, 0.3) is 11.1 Å². The van der Waals surface area contributed by atoms with Gasteiger partial charge in [-0.2, -0.15) is 0 Å². The highest BCUT2D eigenvalue weighted by molar-refractivity contribution is 6.30. The predicted molar refractivity (Wildman–Crippen MR) is 118 cm³/mol. The van der Waals surface area contributed by atoms with Crippen molar-refractivity contribution in [2.24, 2.45) is 16.6 Å². The van der Waals surface area contributed by atoms with Gasteiger partial charge in [0, 0.05) is 30.2 Å². The Morgan fingerprint density at radius 3 is 2.67 bits per heavy atom. The van der Waals surface area contributed by atoms with E-state index in [0.29, 0.717) is 23.8 Å². The molecule has 0 radical (unpaired) electrons. The number of nitrogens with zero attached hydrogens (tertiary/aromatic N) is 1. The summed E-state index contributed by atoms with van der Waals surface area (Å²) in [4.78, 5) is 18.0. The smallest absolute Gasteiger partial charge is 0.259 e. The lowest BCUT2D eigenvalue weighted by atomic mass is 9.66. The topological polar surface area (TPSA) is 85.9 Å². The first-order valence-electron chi connectivity index (χ1n) is 10.0. The Morgan fingerprint density at radius 2 is 2.00 bits per heavy atom. The molecule has 2 aromatic carbocycles. The van der Waals surface area contributed by atoms with Crippen LogP contribution in [-0.4, -0.2) is 31.2 Å². The molecule has 30 heavy (non-hydrogen) atoms. The number of ether oxygens (including phenoxy) is 2. The van der Waals surface area contributed by atoms with Crippen molar-refractivity contribution in [2.75, 3.05) is 13.7 Å². The highest BCUT2D eigenvalue weighted by Gasteiger charge is 2.60. The Morgan fingerprint density at radius 1 is 1.23 bits per heavy atom. The van der Waals surface area contributed by atoms with Crippen LogP contribution in [0, 0.1) is 5.92 Å². The third kappa shape index (κ3) is 3.34. The number of nitrogens with one attached hydrogen (secondary N) is 1. The average Bonchev–Trinajstić information content (AvgIpc) is 2.98. The number of guanidine groups is 1. The Hall–Kier alpha value is -2.57. The predicted octanol–water partition coefficient (Wildman–Crippen LogP) is 3.86. The van der Waals surface area contributed by atoms with Gasteiger partial charge in [0.15, 0.2) is 11.5 Å². The molecule has 7 heteroatoms. The van der Waals surface area contributed by atoms with Crippen molar-refractivity contribution in [3.8, 4) is 16.9 Å². The summed E-state index contributed by atoms with van der Waals surface area (Å²) in [5.41, 5.74) is 6.84. The quantitative estimate of drug-likeness (QED) is 0.709. The number of hydrogen-bond acceptors (Lipinski definition) is 5. The number of nitrogens with two attached hydrogens (primary N) is 1. The number of carbonyl (C=O) groups excluding carboxylic acids is 1. The van der Waals surface area contributed by atoms with Crippen molar-refractivity contribution in [1.29, 1.82) is 0 Å². The molecule has 1 spiro atoms. The molecule has 2 heterocycles. The normalized spacial score (nSPS) is 24.2. The van der Waals surface area contributed by atoms with E-state index in [0.717, 1.165) is 23.1 Å². The van der Waals surface area contributed by atoms with E-state index in [-0.39, 0.29) is 17.8 Å². The number of halogens is 1. The minimum Gasteiger partial charge on any atom is -0.487 e. The molecule has 3 N–H and O–H groups in total. The molecule has 158 valence electrons. The molecule has 0 saturated heterocycles. The zero-order chi connectivity index (χ0) is 21.5. The van der Waals surface area contributed by atoms with Crippen molar-refractivity contribution in [1.82, 2.24) is 5.32 Å². The summed E-state index contributed by atoms with van der Waals surface area (Å²) < 4.78 is 11.6. The van der Waals surface area contributed by atoms with Crippen LogP contribution in [0.3, 0.4) is 0 Å². The van der Waals surface area contributed by atoms with Gasteiger partial charge in [-0.15, -0.1) is 0 Å². The molecular weight excluding hydrogens is 402 g/mol. The second kappa shape index (κ2) is 7.60. The maximum atomic E-state index is 13.3. The van der Waals surface area contributed by atoms with Crippen LogP contribution in [-0.2, 0) is 15.1 Å². The van der Waals surface area contributed by atoms with Crippen molar-refractivity contribution >= 4 is 23.5 Å². The summed E-state index contributed by atoms with van der Waals surface area (Å²) >= 11 is 6.19. The Balaban J connectivity index is 1.89. The number of amides is 1. The molecule has 4 rings (SSSR count). The molecule has 2 aliphatic rings. The van der Waals surface area contributed by atoms with Gasteiger partial charge in [-0.3, -0.25) is 10.1 Å². The molecule has 0 saturated carbocycles. The minimum atomic E-state index is -1.15. The molecule has 6 nitrogen and oxygen atoms in total. The van der Waals surface area contributed by atoms with Gasteiger partial charge in [-0.25, -0.2) is 4.99 Å². The second-order valence-corrected chi connectivity index (χ2v) is 8.77. The van der Waals surface area contributed by atoms with E-state index in [1.54, 1.807) is 7.11 Å². The highest BCUT2D eigenvalue weighted by atomic mass is 35.5. The molecule has 0 aliphatic carbocycles. The van der Waals surface area contributed by atoms with Gasteiger partial charge < -0.3 is 15.2 Å². The maximum absolute atomic E-state index is 13.3. The summed E-state index contributed by atoms with van der Waals surface area (Å²) in [6.07, 6.45) is 1.48. The monoisotopic (exact) mass is 427 g/mol. The number of benzene rings is 2. The van der Waals surface area contributed by atoms with Crippen LogP contribution in [0.4, 0.5) is 0 Å². The molecule has 0 fully saturated rings. The lowest BCUT2D eigenvalue weighted by Gasteiger charge is -2.48. The summed E-state index contributed by atoms with van der Waals surface area (Å²) in [6, 6.07) is 13.5. The van der Waals surface area contributed by atoms with Crippen molar-refractivity contribution in [3.63, 3.8) is 0 Å². The summed E-state index contributed by atoms with van der Waals surface area (Å²) in [5.74, 6) is 0.336. The van der Waals surface area contributed by atoms with Crippen LogP contribution in [0.5, 0.6) is 5.75 Å². The first kappa shape index (κ1) is 20.7. The fraction of sp³-hybridized carbons (Fsp3) is 0.391. The number of carbonyl (C=O) groups is 1. The van der Waals surface area contributed by atoms with E-state index < -0.39 is 11.1 Å². The molecule has 1 amide bonds. The van der Waals surface area contributed by atoms with Crippen LogP contribution in [0.15, 0.2) is 47.5 Å². The van der Waals surface area contributed by atoms with E-state index in [9.17, 15) is 4.79 Å². The summed E-state index contributed by atoms with van der Waals surface area (Å²) in [5, 5.41) is 3.37. The zero-order valence-electron chi connectivity index (χ0n) is 17.4. The number of hydrogen-bond donors (Lipinski definition) is 2.